The summed E-state index contributed by atoms with van der Waals surface area (Å²) in [4.78, 5) is 24.3. The first-order valence-electron chi connectivity index (χ1n) is 21.5. The van der Waals surface area contributed by atoms with Crippen LogP contribution >= 0.6 is 0 Å². The van der Waals surface area contributed by atoms with E-state index in [4.69, 9.17) is 19.9 Å². The van der Waals surface area contributed by atoms with Gasteiger partial charge in [-0.25, -0.2) is 15.0 Å². The average Bonchev–Trinajstić information content (AvgIpc) is 3.37. The molecule has 3 heterocycles. The molecule has 3 aromatic heterocycles. The van der Waals surface area contributed by atoms with E-state index in [0.717, 1.165) is 45.4 Å². The molecule has 5 aliphatic rings. The molecule has 0 aliphatic heterocycles. The van der Waals surface area contributed by atoms with Gasteiger partial charge in [0.25, 0.3) is 0 Å². The van der Waals surface area contributed by atoms with E-state index < -0.39 is 0 Å². The molecule has 5 aromatic carbocycles. The van der Waals surface area contributed by atoms with Crippen molar-refractivity contribution in [2.45, 2.75) is 23.7 Å². The number of rotatable bonds is 7. The van der Waals surface area contributed by atoms with Gasteiger partial charge in [-0.1, -0.05) is 152 Å². The zero-order valence-corrected chi connectivity index (χ0v) is 34.0. The Morgan fingerprint density at radius 1 is 0.484 bits per heavy atom. The van der Waals surface area contributed by atoms with Crippen LogP contribution in [-0.2, 0) is 5.41 Å². The van der Waals surface area contributed by atoms with Crippen molar-refractivity contribution in [1.29, 1.82) is 0 Å². The van der Waals surface area contributed by atoms with Crippen LogP contribution in [0.4, 0.5) is 0 Å². The van der Waals surface area contributed by atoms with Crippen molar-refractivity contribution in [3.05, 3.63) is 246 Å². The van der Waals surface area contributed by atoms with E-state index in [2.05, 4.69) is 139 Å². The van der Waals surface area contributed by atoms with Crippen LogP contribution in [0.15, 0.2) is 224 Å². The molecule has 5 heteroatoms. The van der Waals surface area contributed by atoms with Gasteiger partial charge in [0.15, 0.2) is 17.5 Å². The Kier molecular flexibility index (Phi) is 8.66. The van der Waals surface area contributed by atoms with E-state index in [0.29, 0.717) is 35.2 Å². The number of hydrogen-bond donors (Lipinski definition) is 0. The summed E-state index contributed by atoms with van der Waals surface area (Å²) in [5, 5.41) is 0. The van der Waals surface area contributed by atoms with Crippen molar-refractivity contribution in [3.63, 3.8) is 0 Å². The minimum Gasteiger partial charge on any atom is -0.265 e. The Morgan fingerprint density at radius 2 is 1.15 bits per heavy atom. The highest BCUT2D eigenvalue weighted by Gasteiger charge is 2.59. The summed E-state index contributed by atoms with van der Waals surface area (Å²) >= 11 is 0. The number of pyridine rings is 2. The smallest absolute Gasteiger partial charge is 0.164 e. The van der Waals surface area contributed by atoms with Crippen LogP contribution in [0, 0.1) is 11.8 Å². The van der Waals surface area contributed by atoms with Crippen LogP contribution in [0.5, 0.6) is 0 Å². The third kappa shape index (κ3) is 5.88. The fourth-order valence-electron chi connectivity index (χ4n) is 10.9. The van der Waals surface area contributed by atoms with Gasteiger partial charge in [-0.15, -0.1) is 0 Å². The Labute approximate surface area is 361 Å². The van der Waals surface area contributed by atoms with Crippen molar-refractivity contribution in [2.75, 3.05) is 0 Å². The molecule has 2 bridgehead atoms. The molecule has 0 saturated carbocycles. The predicted molar refractivity (Wildman–Crippen MR) is 248 cm³/mol. The number of benzene rings is 5. The lowest BCUT2D eigenvalue weighted by molar-refractivity contribution is 0.253. The molecule has 0 spiro atoms. The van der Waals surface area contributed by atoms with E-state index in [1.54, 1.807) is 0 Å². The van der Waals surface area contributed by atoms with Gasteiger partial charge >= 0.3 is 0 Å². The number of hydrogen-bond acceptors (Lipinski definition) is 5. The zero-order valence-electron chi connectivity index (χ0n) is 34.0. The SMILES string of the molecule is C1=CC2C3C4=C(CC(c5cccc(-c6cc(-c7ccncc7)cc(-c7nc(-c8ccccc8)nc(-c8ccccc8)n7)c6)c5)C=C4)C(c4cccnc4)(c4ccccc43)C2C=C1. The quantitative estimate of drug-likeness (QED) is 0.161. The maximum absolute atomic E-state index is 5.13. The van der Waals surface area contributed by atoms with Gasteiger partial charge in [0.2, 0.25) is 0 Å². The second kappa shape index (κ2) is 14.8. The van der Waals surface area contributed by atoms with Crippen molar-refractivity contribution in [3.8, 4) is 56.4 Å². The van der Waals surface area contributed by atoms with Gasteiger partial charge in [0.1, 0.15) is 0 Å². The highest BCUT2D eigenvalue weighted by Crippen LogP contribution is 2.67. The molecule has 5 aliphatic carbocycles. The molecule has 0 radical (unpaired) electrons. The van der Waals surface area contributed by atoms with Crippen LogP contribution in [0.3, 0.4) is 0 Å². The summed E-state index contributed by atoms with van der Waals surface area (Å²) in [6, 6.07) is 53.9. The van der Waals surface area contributed by atoms with Crippen LogP contribution < -0.4 is 0 Å². The minimum absolute atomic E-state index is 0.198. The fourth-order valence-corrected chi connectivity index (χ4v) is 10.9. The standard InChI is InChI=1S/C57H41N5/c1-3-13-38(14-4-1)54-60-55(39-15-5-2-6-16-39)62-56(61-54)45-33-43(37-26-29-58-30-27-37)32-44(34-45)41-18-11-17-40(31-41)42-24-25-49-52(35-42)57(46-19-12-28-59-36-46)50-22-9-7-20-47(50)53(49)48-21-8-10-23-51(48)57/h1-34,36,42,47,50,53H,35H2. The van der Waals surface area contributed by atoms with Crippen molar-refractivity contribution < 1.29 is 0 Å². The van der Waals surface area contributed by atoms with Crippen LogP contribution in [0.2, 0.25) is 0 Å². The van der Waals surface area contributed by atoms with Gasteiger partial charge in [-0.3, -0.25) is 9.97 Å². The van der Waals surface area contributed by atoms with Crippen molar-refractivity contribution in [2.24, 2.45) is 11.8 Å². The van der Waals surface area contributed by atoms with Crippen molar-refractivity contribution >= 4 is 0 Å². The van der Waals surface area contributed by atoms with Gasteiger partial charge < -0.3 is 0 Å². The number of nitrogens with zero attached hydrogens (tertiary/aromatic N) is 5. The Bertz CT molecular complexity index is 3060. The maximum atomic E-state index is 5.13. The van der Waals surface area contributed by atoms with Gasteiger partial charge in [0.05, 0.1) is 5.41 Å². The minimum atomic E-state index is -0.309. The van der Waals surface area contributed by atoms with Gasteiger partial charge in [0, 0.05) is 59.2 Å². The van der Waals surface area contributed by atoms with E-state index in [1.807, 2.05) is 79.3 Å². The third-order valence-electron chi connectivity index (χ3n) is 13.5. The normalized spacial score (nSPS) is 21.6. The molecule has 8 aromatic rings. The first kappa shape index (κ1) is 36.2. The highest BCUT2D eigenvalue weighted by atomic mass is 15.0. The lowest BCUT2D eigenvalue weighted by Gasteiger charge is -2.59. The molecule has 294 valence electrons. The molecule has 5 unspecified atom stereocenters. The highest BCUT2D eigenvalue weighted by molar-refractivity contribution is 5.81. The molecule has 0 N–H and O–H groups in total. The monoisotopic (exact) mass is 795 g/mol. The largest absolute Gasteiger partial charge is 0.265 e. The van der Waals surface area contributed by atoms with E-state index in [1.165, 1.54) is 33.4 Å². The fraction of sp³-hybridized carbons (Fsp3) is 0.105. The van der Waals surface area contributed by atoms with E-state index in [-0.39, 0.29) is 11.3 Å². The maximum Gasteiger partial charge on any atom is 0.164 e. The second-order valence-electron chi connectivity index (χ2n) is 16.8. The molecule has 0 amide bonds. The summed E-state index contributed by atoms with van der Waals surface area (Å²) in [5.41, 5.74) is 15.4. The summed E-state index contributed by atoms with van der Waals surface area (Å²) in [6.45, 7) is 0. The molecule has 0 fully saturated rings. The molecule has 62 heavy (non-hydrogen) atoms. The Morgan fingerprint density at radius 3 is 1.89 bits per heavy atom. The first-order valence-corrected chi connectivity index (χ1v) is 21.5. The van der Waals surface area contributed by atoms with E-state index in [9.17, 15) is 0 Å². The van der Waals surface area contributed by atoms with Crippen LogP contribution in [0.1, 0.15) is 40.5 Å². The van der Waals surface area contributed by atoms with Crippen molar-refractivity contribution in [1.82, 2.24) is 24.9 Å². The first-order chi connectivity index (χ1) is 30.7. The number of aromatic nitrogens is 5. The Balaban J connectivity index is 0.977. The van der Waals surface area contributed by atoms with Gasteiger partial charge in [-0.2, -0.15) is 0 Å². The third-order valence-corrected chi connectivity index (χ3v) is 13.5. The number of allylic oxidation sites excluding steroid dienone is 8. The van der Waals surface area contributed by atoms with Crippen LogP contribution in [-0.4, -0.2) is 24.9 Å². The lowest BCUT2D eigenvalue weighted by Crippen LogP contribution is -2.53. The predicted octanol–water partition coefficient (Wildman–Crippen LogP) is 12.8. The average molecular weight is 796 g/mol. The molecule has 5 nitrogen and oxygen atoms in total. The molecule has 0 saturated heterocycles. The van der Waals surface area contributed by atoms with Gasteiger partial charge in [-0.05, 0) is 104 Å². The van der Waals surface area contributed by atoms with Crippen LogP contribution in [0.25, 0.3) is 56.4 Å². The zero-order chi connectivity index (χ0) is 41.0. The molecule has 13 rings (SSSR count). The topological polar surface area (TPSA) is 64.5 Å². The second-order valence-corrected chi connectivity index (χ2v) is 16.8. The molecular formula is C57H41N5. The molecule has 5 atom stereocenters. The summed E-state index contributed by atoms with van der Waals surface area (Å²) in [6.07, 6.45) is 23.0. The Hall–Kier alpha value is -7.63. The summed E-state index contributed by atoms with van der Waals surface area (Å²) < 4.78 is 0. The van der Waals surface area contributed by atoms with E-state index >= 15 is 0 Å². The molecular weight excluding hydrogens is 755 g/mol. The lowest BCUT2D eigenvalue weighted by atomic mass is 9.43. The summed E-state index contributed by atoms with van der Waals surface area (Å²) in [7, 11) is 0. The summed E-state index contributed by atoms with van der Waals surface area (Å²) in [5.74, 6) is 3.12.